The van der Waals surface area contributed by atoms with E-state index in [9.17, 15) is 13.2 Å². The lowest BCUT2D eigenvalue weighted by Crippen LogP contribution is -2.57. The summed E-state index contributed by atoms with van der Waals surface area (Å²) in [7, 11) is -3.45. The summed E-state index contributed by atoms with van der Waals surface area (Å²) >= 11 is 0. The summed E-state index contributed by atoms with van der Waals surface area (Å²) in [5, 5.41) is 3.16. The van der Waals surface area contributed by atoms with E-state index < -0.39 is 14.6 Å². The molecule has 2 aliphatic rings. The maximum absolute atomic E-state index is 13.1. The van der Waals surface area contributed by atoms with Gasteiger partial charge in [-0.2, -0.15) is 0 Å². The number of hydrogen-bond donors (Lipinski definition) is 1. The first-order valence-electron chi connectivity index (χ1n) is 8.60. The third-order valence-electron chi connectivity index (χ3n) is 5.61. The molecule has 2 fully saturated rings. The predicted octanol–water partition coefficient (Wildman–Crippen LogP) is 1.90. The molecule has 1 amide bonds. The second-order valence-electron chi connectivity index (χ2n) is 7.11. The highest BCUT2D eigenvalue weighted by atomic mass is 35.5. The van der Waals surface area contributed by atoms with Crippen molar-refractivity contribution in [1.29, 1.82) is 0 Å². The van der Waals surface area contributed by atoms with Gasteiger partial charge in [-0.05, 0) is 50.4 Å². The van der Waals surface area contributed by atoms with Gasteiger partial charge >= 0.3 is 0 Å². The van der Waals surface area contributed by atoms with E-state index in [-0.39, 0.29) is 18.3 Å². The standard InChI is InChI=1S/C18H26N2O3S.ClH/c1-14-5-3-4-6-16(14)15-7-12-20(13-15)17(21)18(24(2,22)23)8-10-19-11-9-18;/h3-6,15,19H,7-13H2,1-2H3;1H. The fraction of sp³-hybridized carbons (Fsp3) is 0.611. The molecule has 1 unspecified atom stereocenters. The van der Waals surface area contributed by atoms with Crippen molar-refractivity contribution in [2.75, 3.05) is 32.4 Å². The van der Waals surface area contributed by atoms with Crippen LogP contribution in [0.1, 0.15) is 36.3 Å². The minimum absolute atomic E-state index is 0. The number of likely N-dealkylation sites (tertiary alicyclic amines) is 1. The Kier molecular flexibility index (Phi) is 6.17. The Morgan fingerprint density at radius 3 is 2.48 bits per heavy atom. The van der Waals surface area contributed by atoms with Gasteiger partial charge in [-0.3, -0.25) is 4.79 Å². The lowest BCUT2D eigenvalue weighted by Gasteiger charge is -2.37. The van der Waals surface area contributed by atoms with Crippen LogP contribution in [0.5, 0.6) is 0 Å². The van der Waals surface area contributed by atoms with Crippen molar-refractivity contribution < 1.29 is 13.2 Å². The molecule has 2 heterocycles. The van der Waals surface area contributed by atoms with E-state index in [1.54, 1.807) is 4.90 Å². The van der Waals surface area contributed by atoms with E-state index in [2.05, 4.69) is 24.4 Å². The van der Waals surface area contributed by atoms with Gasteiger partial charge in [-0.1, -0.05) is 24.3 Å². The Balaban J connectivity index is 0.00000225. The first-order valence-corrected chi connectivity index (χ1v) is 10.5. The van der Waals surface area contributed by atoms with Gasteiger partial charge in [0.15, 0.2) is 14.6 Å². The molecule has 25 heavy (non-hydrogen) atoms. The van der Waals surface area contributed by atoms with Crippen molar-refractivity contribution in [1.82, 2.24) is 10.2 Å². The largest absolute Gasteiger partial charge is 0.341 e. The fourth-order valence-corrected chi connectivity index (χ4v) is 5.50. The smallest absolute Gasteiger partial charge is 0.244 e. The van der Waals surface area contributed by atoms with Crippen LogP contribution in [0.3, 0.4) is 0 Å². The van der Waals surface area contributed by atoms with Gasteiger partial charge in [0.05, 0.1) is 0 Å². The van der Waals surface area contributed by atoms with Gasteiger partial charge in [0, 0.05) is 25.3 Å². The number of hydrogen-bond acceptors (Lipinski definition) is 4. The average molecular weight is 387 g/mol. The Hall–Kier alpha value is -1.11. The van der Waals surface area contributed by atoms with E-state index >= 15 is 0 Å². The van der Waals surface area contributed by atoms with Crippen molar-refractivity contribution in [3.63, 3.8) is 0 Å². The Morgan fingerprint density at radius 1 is 1.24 bits per heavy atom. The summed E-state index contributed by atoms with van der Waals surface area (Å²) < 4.78 is 23.6. The van der Waals surface area contributed by atoms with Gasteiger partial charge < -0.3 is 10.2 Å². The molecule has 1 atom stereocenters. The minimum atomic E-state index is -3.45. The van der Waals surface area contributed by atoms with E-state index in [0.29, 0.717) is 44.9 Å². The van der Waals surface area contributed by atoms with E-state index in [0.717, 1.165) is 6.42 Å². The molecule has 1 N–H and O–H groups in total. The van der Waals surface area contributed by atoms with Crippen molar-refractivity contribution in [3.8, 4) is 0 Å². The molecule has 0 saturated carbocycles. The van der Waals surface area contributed by atoms with Crippen LogP contribution in [0.2, 0.25) is 0 Å². The molecule has 2 aliphatic heterocycles. The topological polar surface area (TPSA) is 66.5 Å². The maximum Gasteiger partial charge on any atom is 0.244 e. The molecule has 140 valence electrons. The fourth-order valence-electron chi connectivity index (χ4n) is 4.11. The van der Waals surface area contributed by atoms with Crippen molar-refractivity contribution in [3.05, 3.63) is 35.4 Å². The van der Waals surface area contributed by atoms with Crippen LogP contribution < -0.4 is 5.32 Å². The second kappa shape index (κ2) is 7.64. The minimum Gasteiger partial charge on any atom is -0.341 e. The summed E-state index contributed by atoms with van der Waals surface area (Å²) in [6, 6.07) is 8.25. The van der Waals surface area contributed by atoms with Crippen molar-refractivity contribution >= 4 is 28.2 Å². The summed E-state index contributed by atoms with van der Waals surface area (Å²) in [4.78, 5) is 14.9. The number of rotatable bonds is 3. The van der Waals surface area contributed by atoms with Gasteiger partial charge in [0.25, 0.3) is 0 Å². The van der Waals surface area contributed by atoms with Crippen LogP contribution in [0.4, 0.5) is 0 Å². The number of aryl methyl sites for hydroxylation is 1. The highest BCUT2D eigenvalue weighted by Crippen LogP contribution is 2.35. The van der Waals surface area contributed by atoms with Crippen LogP contribution in [-0.4, -0.2) is 56.4 Å². The maximum atomic E-state index is 13.1. The van der Waals surface area contributed by atoms with E-state index in [1.165, 1.54) is 17.4 Å². The molecule has 0 aliphatic carbocycles. The van der Waals surface area contributed by atoms with Gasteiger partial charge in [0.1, 0.15) is 0 Å². The zero-order valence-electron chi connectivity index (χ0n) is 14.8. The highest BCUT2D eigenvalue weighted by molar-refractivity contribution is 7.92. The number of carbonyl (C=O) groups is 1. The number of sulfone groups is 1. The first kappa shape index (κ1) is 20.2. The molecular formula is C18H27ClN2O3S. The lowest BCUT2D eigenvalue weighted by molar-refractivity contribution is -0.133. The molecule has 2 saturated heterocycles. The van der Waals surface area contributed by atoms with Crippen LogP contribution in [0.25, 0.3) is 0 Å². The van der Waals surface area contributed by atoms with Crippen molar-refractivity contribution in [2.45, 2.75) is 36.9 Å². The number of amides is 1. The molecule has 5 nitrogen and oxygen atoms in total. The quantitative estimate of drug-likeness (QED) is 0.861. The molecule has 3 rings (SSSR count). The first-order chi connectivity index (χ1) is 11.3. The molecule has 0 spiro atoms. The van der Waals surface area contributed by atoms with Gasteiger partial charge in [-0.25, -0.2) is 8.42 Å². The number of benzene rings is 1. The highest BCUT2D eigenvalue weighted by Gasteiger charge is 2.51. The monoisotopic (exact) mass is 386 g/mol. The van der Waals surface area contributed by atoms with Gasteiger partial charge in [-0.15, -0.1) is 12.4 Å². The third kappa shape index (κ3) is 3.71. The molecule has 1 aromatic rings. The van der Waals surface area contributed by atoms with Crippen LogP contribution in [0, 0.1) is 6.92 Å². The lowest BCUT2D eigenvalue weighted by atomic mass is 9.93. The molecule has 0 bridgehead atoms. The predicted molar refractivity (Wildman–Crippen MR) is 102 cm³/mol. The number of nitrogens with zero attached hydrogens (tertiary/aromatic N) is 1. The Morgan fingerprint density at radius 2 is 1.88 bits per heavy atom. The number of piperidine rings is 1. The van der Waals surface area contributed by atoms with Crippen molar-refractivity contribution in [2.24, 2.45) is 0 Å². The zero-order chi connectivity index (χ0) is 17.4. The van der Waals surface area contributed by atoms with E-state index in [1.807, 2.05) is 12.1 Å². The number of nitrogens with one attached hydrogen (secondary N) is 1. The Bertz CT molecular complexity index is 730. The number of carbonyl (C=O) groups excluding carboxylic acids is 1. The Labute approximate surface area is 156 Å². The van der Waals surface area contributed by atoms with Crippen LogP contribution in [-0.2, 0) is 14.6 Å². The molecule has 0 aromatic heterocycles. The van der Waals surface area contributed by atoms with Crippen LogP contribution >= 0.6 is 12.4 Å². The summed E-state index contributed by atoms with van der Waals surface area (Å²) in [5.74, 6) is 0.107. The van der Waals surface area contributed by atoms with E-state index in [4.69, 9.17) is 0 Å². The molecular weight excluding hydrogens is 360 g/mol. The van der Waals surface area contributed by atoms with Gasteiger partial charge in [0.2, 0.25) is 5.91 Å². The summed E-state index contributed by atoms with van der Waals surface area (Å²) in [5.41, 5.74) is 2.50. The zero-order valence-corrected chi connectivity index (χ0v) is 16.5. The SMILES string of the molecule is Cc1ccccc1C1CCN(C(=O)C2(S(C)(=O)=O)CCNCC2)C1.Cl. The molecule has 0 radical (unpaired) electrons. The summed E-state index contributed by atoms with van der Waals surface area (Å²) in [6.07, 6.45) is 2.85. The second-order valence-corrected chi connectivity index (χ2v) is 9.44. The average Bonchev–Trinajstić information content (AvgIpc) is 3.04. The third-order valence-corrected chi connectivity index (χ3v) is 7.62. The summed E-state index contributed by atoms with van der Waals surface area (Å²) in [6.45, 7) is 4.50. The normalized spacial score (nSPS) is 23.1. The number of halogens is 1. The molecule has 7 heteroatoms. The molecule has 1 aromatic carbocycles. The van der Waals surface area contributed by atoms with Crippen LogP contribution in [0.15, 0.2) is 24.3 Å².